The first-order valence-corrected chi connectivity index (χ1v) is 5.23. The van der Waals surface area contributed by atoms with Crippen molar-refractivity contribution in [2.45, 2.75) is 0 Å². The summed E-state index contributed by atoms with van der Waals surface area (Å²) in [6.45, 7) is 8.16. The van der Waals surface area contributed by atoms with Crippen molar-refractivity contribution in [1.29, 1.82) is 0 Å². The van der Waals surface area contributed by atoms with Gasteiger partial charge in [0.25, 0.3) is 0 Å². The quantitative estimate of drug-likeness (QED) is 0.391. The van der Waals surface area contributed by atoms with E-state index in [9.17, 15) is 0 Å². The van der Waals surface area contributed by atoms with Crippen LogP contribution in [-0.4, -0.2) is 75.9 Å². The Kier molecular flexibility index (Phi) is 8.94. The summed E-state index contributed by atoms with van der Waals surface area (Å²) in [5.41, 5.74) is 3.59. The molecule has 0 rings (SSSR count). The lowest BCUT2D eigenvalue weighted by molar-refractivity contribution is -0.0267. The van der Waals surface area contributed by atoms with E-state index in [2.05, 4.69) is 41.4 Å². The predicted octanol–water partition coefficient (Wildman–Crippen LogP) is -0.303. The molecule has 0 aliphatic rings. The van der Waals surface area contributed by atoms with Crippen LogP contribution in [0.5, 0.6) is 0 Å². The summed E-state index contributed by atoms with van der Waals surface area (Å²) in [6.07, 6.45) is 0. The first kappa shape index (κ1) is 14.8. The number of hydrogen-bond donors (Lipinski definition) is 0. The van der Waals surface area contributed by atoms with Crippen molar-refractivity contribution >= 4 is 0 Å². The number of hydrogen-bond acceptors (Lipinski definition) is 4. The molecule has 0 aliphatic heterocycles. The van der Waals surface area contributed by atoms with Gasteiger partial charge in [-0.05, 0) is 20.5 Å². The van der Waals surface area contributed by atoms with Gasteiger partial charge in [-0.15, -0.1) is 5.48 Å². The normalized spacial score (nSPS) is 12.0. The minimum absolute atomic E-state index is 0.627. The zero-order valence-corrected chi connectivity index (χ0v) is 10.4. The first-order valence-electron chi connectivity index (χ1n) is 5.23. The van der Waals surface area contributed by atoms with Gasteiger partial charge in [0.2, 0.25) is 0 Å². The summed E-state index contributed by atoms with van der Waals surface area (Å²) in [4.78, 5) is 7.12. The van der Waals surface area contributed by atoms with Gasteiger partial charge >= 0.3 is 0 Å². The largest absolute Gasteiger partial charge is 0.305 e. The van der Waals surface area contributed by atoms with E-state index in [1.54, 1.807) is 7.05 Å². The Bertz CT molecular complexity index is 145. The number of rotatable bonds is 9. The first-order chi connectivity index (χ1) is 7.11. The van der Waals surface area contributed by atoms with Crippen LogP contribution in [0.4, 0.5) is 0 Å². The van der Waals surface area contributed by atoms with E-state index >= 15 is 0 Å². The maximum atomic E-state index is 4.94. The third kappa shape index (κ3) is 7.70. The molecule has 0 heterocycles. The highest BCUT2D eigenvalue weighted by Crippen LogP contribution is 1.91. The third-order valence-electron chi connectivity index (χ3n) is 2.41. The average Bonchev–Trinajstić information content (AvgIpc) is 2.25. The van der Waals surface area contributed by atoms with Gasteiger partial charge < -0.3 is 4.90 Å². The van der Waals surface area contributed by atoms with E-state index in [0.29, 0.717) is 6.61 Å². The lowest BCUT2D eigenvalue weighted by atomic mass is 10.5. The molecule has 0 unspecified atom stereocenters. The summed E-state index contributed by atoms with van der Waals surface area (Å²) >= 11 is 0. The van der Waals surface area contributed by atoms with Gasteiger partial charge in [0.15, 0.2) is 0 Å². The maximum Gasteiger partial charge on any atom is 0.0843 e. The standard InChI is InChI=1S/C10H24N4O/c1-6-12(3)7-8-13(4)14(5)9-10-15-11-2/h1,6-10H2,2-5H3. The van der Waals surface area contributed by atoms with Gasteiger partial charge in [0, 0.05) is 40.8 Å². The Hall–Kier alpha value is -0.200. The topological polar surface area (TPSA) is 33.1 Å². The highest BCUT2D eigenvalue weighted by molar-refractivity contribution is 4.56. The monoisotopic (exact) mass is 216 g/mol. The molecule has 0 fully saturated rings. The van der Waals surface area contributed by atoms with Crippen LogP contribution in [-0.2, 0) is 4.84 Å². The average molecular weight is 216 g/mol. The van der Waals surface area contributed by atoms with Crippen LogP contribution < -0.4 is 5.48 Å². The maximum absolute atomic E-state index is 4.94. The fourth-order valence-electron chi connectivity index (χ4n) is 1.03. The van der Waals surface area contributed by atoms with Crippen molar-refractivity contribution in [1.82, 2.24) is 20.4 Å². The second-order valence-electron chi connectivity index (χ2n) is 3.58. The minimum Gasteiger partial charge on any atom is -0.305 e. The molecule has 0 amide bonds. The molecule has 0 aromatic heterocycles. The van der Waals surface area contributed by atoms with E-state index in [1.807, 2.05) is 7.05 Å². The SMILES string of the molecule is [CH2]CN(C)CCN(C)N(C)CCO[N]C. The summed E-state index contributed by atoms with van der Waals surface area (Å²) in [7, 11) is 7.83. The van der Waals surface area contributed by atoms with Gasteiger partial charge in [-0.1, -0.05) is 0 Å². The highest BCUT2D eigenvalue weighted by atomic mass is 16.6. The molecule has 5 nitrogen and oxygen atoms in total. The molecule has 0 spiro atoms. The summed E-state index contributed by atoms with van der Waals surface area (Å²) in [5, 5.41) is 4.30. The zero-order chi connectivity index (χ0) is 11.7. The predicted molar refractivity (Wildman–Crippen MR) is 62.1 cm³/mol. The lowest BCUT2D eigenvalue weighted by Crippen LogP contribution is -2.42. The van der Waals surface area contributed by atoms with Gasteiger partial charge in [-0.2, -0.15) is 0 Å². The highest BCUT2D eigenvalue weighted by Gasteiger charge is 2.06. The van der Waals surface area contributed by atoms with Gasteiger partial charge in [-0.25, -0.2) is 10.0 Å². The molecular weight excluding hydrogens is 192 g/mol. The van der Waals surface area contributed by atoms with Gasteiger partial charge in [-0.3, -0.25) is 4.84 Å². The molecular formula is C10H24N4O. The Morgan fingerprint density at radius 2 is 1.67 bits per heavy atom. The Morgan fingerprint density at radius 3 is 2.20 bits per heavy atom. The van der Waals surface area contributed by atoms with Gasteiger partial charge in [0.05, 0.1) is 6.61 Å². The lowest BCUT2D eigenvalue weighted by Gasteiger charge is -2.29. The second-order valence-corrected chi connectivity index (χ2v) is 3.58. The summed E-state index contributed by atoms with van der Waals surface area (Å²) in [6, 6.07) is 0. The Balaban J connectivity index is 3.54. The summed E-state index contributed by atoms with van der Waals surface area (Å²) < 4.78 is 0. The van der Waals surface area contributed by atoms with E-state index in [-0.39, 0.29) is 0 Å². The minimum atomic E-state index is 0.627. The zero-order valence-electron chi connectivity index (χ0n) is 10.4. The molecule has 0 saturated carbocycles. The van der Waals surface area contributed by atoms with Crippen molar-refractivity contribution in [2.75, 3.05) is 61.0 Å². The van der Waals surface area contributed by atoms with Crippen molar-refractivity contribution in [2.24, 2.45) is 0 Å². The van der Waals surface area contributed by atoms with Crippen molar-refractivity contribution in [3.8, 4) is 0 Å². The number of likely N-dealkylation sites (N-methyl/N-ethyl adjacent to an activating group) is 3. The molecule has 0 aromatic carbocycles. The Labute approximate surface area is 93.9 Å². The number of hydrazine groups is 1. The van der Waals surface area contributed by atoms with E-state index in [0.717, 1.165) is 26.2 Å². The van der Waals surface area contributed by atoms with Crippen LogP contribution >= 0.6 is 0 Å². The third-order valence-corrected chi connectivity index (χ3v) is 2.41. The molecule has 0 atom stereocenters. The molecule has 0 saturated heterocycles. The van der Waals surface area contributed by atoms with Crippen molar-refractivity contribution in [3.05, 3.63) is 6.92 Å². The van der Waals surface area contributed by atoms with Crippen LogP contribution in [0, 0.1) is 6.92 Å². The van der Waals surface area contributed by atoms with E-state index < -0.39 is 0 Å². The molecule has 0 aromatic rings. The van der Waals surface area contributed by atoms with Crippen molar-refractivity contribution < 1.29 is 4.84 Å². The van der Waals surface area contributed by atoms with E-state index in [4.69, 9.17) is 4.84 Å². The molecule has 0 bridgehead atoms. The van der Waals surface area contributed by atoms with Crippen molar-refractivity contribution in [3.63, 3.8) is 0 Å². The molecule has 0 aliphatic carbocycles. The fourth-order valence-corrected chi connectivity index (χ4v) is 1.03. The summed E-state index contributed by atoms with van der Waals surface area (Å²) in [5.74, 6) is 0. The van der Waals surface area contributed by atoms with Crippen LogP contribution in [0.3, 0.4) is 0 Å². The number of nitrogens with zero attached hydrogens (tertiary/aromatic N) is 4. The van der Waals surface area contributed by atoms with Crippen LogP contribution in [0.1, 0.15) is 0 Å². The molecule has 5 heteroatoms. The molecule has 2 radical (unpaired) electrons. The van der Waals surface area contributed by atoms with Crippen LogP contribution in [0.25, 0.3) is 0 Å². The molecule has 15 heavy (non-hydrogen) atoms. The van der Waals surface area contributed by atoms with Crippen LogP contribution in [0.2, 0.25) is 0 Å². The second kappa shape index (κ2) is 9.06. The van der Waals surface area contributed by atoms with E-state index in [1.165, 1.54) is 0 Å². The van der Waals surface area contributed by atoms with Crippen LogP contribution in [0.15, 0.2) is 0 Å². The molecule has 0 N–H and O–H groups in total. The van der Waals surface area contributed by atoms with Gasteiger partial charge in [0.1, 0.15) is 0 Å². The smallest absolute Gasteiger partial charge is 0.0843 e. The fraction of sp³-hybridized carbons (Fsp3) is 0.900. The number of hydroxylamine groups is 1. The molecule has 90 valence electrons. The Morgan fingerprint density at radius 1 is 1.07 bits per heavy atom.